The standard InChI is InChI=1S/C18H28Br4/c19-5-1-15-9-16(2-6-20)12-17(10-15,3-7-21)14-18(11-15,13-16)4-8-22/h1-14H2. The van der Waals surface area contributed by atoms with E-state index >= 15 is 0 Å². The normalized spacial score (nSPS) is 46.4. The van der Waals surface area contributed by atoms with E-state index in [0.717, 1.165) is 0 Å². The van der Waals surface area contributed by atoms with Crippen molar-refractivity contribution < 1.29 is 0 Å². The van der Waals surface area contributed by atoms with Gasteiger partial charge in [0.25, 0.3) is 0 Å². The van der Waals surface area contributed by atoms with Gasteiger partial charge in [-0.1, -0.05) is 63.7 Å². The fraction of sp³-hybridized carbons (Fsp3) is 1.00. The number of hydrogen-bond donors (Lipinski definition) is 0. The maximum Gasteiger partial charge on any atom is 0.00365 e. The van der Waals surface area contributed by atoms with Crippen molar-refractivity contribution in [1.82, 2.24) is 0 Å². The molecule has 4 aliphatic carbocycles. The molecule has 0 aromatic rings. The lowest BCUT2D eigenvalue weighted by molar-refractivity contribution is -0.204. The lowest BCUT2D eigenvalue weighted by atomic mass is 9.34. The fourth-order valence-electron chi connectivity index (χ4n) is 7.39. The Hall–Kier alpha value is 1.92. The molecule has 0 spiro atoms. The van der Waals surface area contributed by atoms with Crippen LogP contribution in [-0.4, -0.2) is 21.3 Å². The summed E-state index contributed by atoms with van der Waals surface area (Å²) >= 11 is 15.1. The van der Waals surface area contributed by atoms with Crippen LogP contribution in [-0.2, 0) is 0 Å². The third kappa shape index (κ3) is 3.30. The largest absolute Gasteiger partial charge is 0.0928 e. The maximum atomic E-state index is 3.78. The highest BCUT2D eigenvalue weighted by Crippen LogP contribution is 2.77. The summed E-state index contributed by atoms with van der Waals surface area (Å²) in [5.41, 5.74) is 2.52. The molecule has 4 fully saturated rings. The second kappa shape index (κ2) is 6.91. The lowest BCUT2D eigenvalue weighted by Gasteiger charge is -2.71. The van der Waals surface area contributed by atoms with Gasteiger partial charge >= 0.3 is 0 Å². The quantitative estimate of drug-likeness (QED) is 0.269. The molecule has 0 aromatic carbocycles. The van der Waals surface area contributed by atoms with Crippen molar-refractivity contribution in [3.8, 4) is 0 Å². The Morgan fingerprint density at radius 1 is 0.409 bits per heavy atom. The average Bonchev–Trinajstić information content (AvgIpc) is 2.36. The molecule has 128 valence electrons. The van der Waals surface area contributed by atoms with Gasteiger partial charge in [0.15, 0.2) is 0 Å². The highest BCUT2D eigenvalue weighted by molar-refractivity contribution is 9.09. The van der Waals surface area contributed by atoms with Crippen LogP contribution in [0.4, 0.5) is 0 Å². The summed E-state index contributed by atoms with van der Waals surface area (Å²) in [6.07, 6.45) is 14.6. The number of alkyl halides is 4. The summed E-state index contributed by atoms with van der Waals surface area (Å²) in [5, 5.41) is 4.75. The SMILES string of the molecule is BrCCC12CC3(CCBr)CC(CCBr)(C1)CC(CCBr)(C2)C3. The van der Waals surface area contributed by atoms with E-state index in [9.17, 15) is 0 Å². The van der Waals surface area contributed by atoms with Crippen LogP contribution in [0.2, 0.25) is 0 Å². The molecule has 0 N–H and O–H groups in total. The zero-order valence-electron chi connectivity index (χ0n) is 13.4. The van der Waals surface area contributed by atoms with Crippen molar-refractivity contribution in [1.29, 1.82) is 0 Å². The highest BCUT2D eigenvalue weighted by Gasteiger charge is 2.66. The summed E-state index contributed by atoms with van der Waals surface area (Å²) < 4.78 is 0. The van der Waals surface area contributed by atoms with E-state index in [0.29, 0.717) is 21.7 Å². The van der Waals surface area contributed by atoms with Crippen molar-refractivity contribution in [2.45, 2.75) is 64.2 Å². The van der Waals surface area contributed by atoms with Crippen molar-refractivity contribution in [3.63, 3.8) is 0 Å². The number of halogens is 4. The van der Waals surface area contributed by atoms with Crippen LogP contribution in [0.15, 0.2) is 0 Å². The Morgan fingerprint density at radius 3 is 0.727 bits per heavy atom. The predicted molar refractivity (Wildman–Crippen MR) is 111 cm³/mol. The average molecular weight is 564 g/mol. The molecule has 4 aliphatic rings. The van der Waals surface area contributed by atoms with E-state index in [-0.39, 0.29) is 0 Å². The molecule has 0 unspecified atom stereocenters. The van der Waals surface area contributed by atoms with Crippen molar-refractivity contribution in [3.05, 3.63) is 0 Å². The molecule has 4 rings (SSSR count). The molecule has 4 saturated carbocycles. The highest BCUT2D eigenvalue weighted by atomic mass is 79.9. The Bertz CT molecular complexity index is 296. The van der Waals surface area contributed by atoms with Gasteiger partial charge in [-0.15, -0.1) is 0 Å². The minimum atomic E-state index is 0.630. The second-order valence-electron chi connectivity index (χ2n) is 8.82. The first-order chi connectivity index (χ1) is 10.5. The van der Waals surface area contributed by atoms with Crippen LogP contribution in [0, 0.1) is 21.7 Å². The van der Waals surface area contributed by atoms with Gasteiger partial charge in [-0.25, -0.2) is 0 Å². The molecule has 0 heterocycles. The topological polar surface area (TPSA) is 0 Å². The van der Waals surface area contributed by atoms with Crippen molar-refractivity contribution in [2.75, 3.05) is 21.3 Å². The summed E-state index contributed by atoms with van der Waals surface area (Å²) in [6, 6.07) is 0. The van der Waals surface area contributed by atoms with E-state index in [1.165, 1.54) is 85.5 Å². The van der Waals surface area contributed by atoms with Gasteiger partial charge in [-0.2, -0.15) is 0 Å². The lowest BCUT2D eigenvalue weighted by Crippen LogP contribution is -2.61. The van der Waals surface area contributed by atoms with Crippen molar-refractivity contribution in [2.24, 2.45) is 21.7 Å². The maximum absolute atomic E-state index is 3.78. The van der Waals surface area contributed by atoms with Crippen LogP contribution in [0.3, 0.4) is 0 Å². The van der Waals surface area contributed by atoms with E-state index in [1.54, 1.807) is 0 Å². The monoisotopic (exact) mass is 560 g/mol. The van der Waals surface area contributed by atoms with Crippen LogP contribution in [0.1, 0.15) is 64.2 Å². The molecule has 22 heavy (non-hydrogen) atoms. The molecular formula is C18H28Br4. The molecule has 0 atom stereocenters. The molecule has 0 saturated heterocycles. The van der Waals surface area contributed by atoms with Crippen LogP contribution in [0.5, 0.6) is 0 Å². The van der Waals surface area contributed by atoms with Crippen LogP contribution >= 0.6 is 63.7 Å². The van der Waals surface area contributed by atoms with E-state index in [1.807, 2.05) is 0 Å². The molecular weight excluding hydrogens is 536 g/mol. The summed E-state index contributed by atoms with van der Waals surface area (Å²) in [4.78, 5) is 0. The van der Waals surface area contributed by atoms with E-state index < -0.39 is 0 Å². The van der Waals surface area contributed by atoms with Gasteiger partial charge in [0.2, 0.25) is 0 Å². The molecule has 0 nitrogen and oxygen atoms in total. The number of hydrogen-bond acceptors (Lipinski definition) is 0. The minimum absolute atomic E-state index is 0.630. The van der Waals surface area contributed by atoms with E-state index in [4.69, 9.17) is 0 Å². The summed E-state index contributed by atoms with van der Waals surface area (Å²) in [5.74, 6) is 0. The van der Waals surface area contributed by atoms with Gasteiger partial charge in [0.1, 0.15) is 0 Å². The molecule has 4 heteroatoms. The van der Waals surface area contributed by atoms with Gasteiger partial charge in [-0.3, -0.25) is 0 Å². The zero-order chi connectivity index (χ0) is 15.9. The Morgan fingerprint density at radius 2 is 0.591 bits per heavy atom. The molecule has 4 bridgehead atoms. The van der Waals surface area contributed by atoms with Gasteiger partial charge in [0, 0.05) is 21.3 Å². The first-order valence-corrected chi connectivity index (χ1v) is 13.2. The second-order valence-corrected chi connectivity index (χ2v) is 12.0. The third-order valence-corrected chi connectivity index (χ3v) is 8.59. The van der Waals surface area contributed by atoms with Crippen molar-refractivity contribution >= 4 is 63.7 Å². The van der Waals surface area contributed by atoms with E-state index in [2.05, 4.69) is 63.7 Å². The third-order valence-electron chi connectivity index (χ3n) is 7.00. The summed E-state index contributed by atoms with van der Waals surface area (Å²) in [7, 11) is 0. The Kier molecular flexibility index (Phi) is 5.88. The molecule has 0 radical (unpaired) electrons. The molecule has 0 aliphatic heterocycles. The van der Waals surface area contributed by atoms with Gasteiger partial charge in [-0.05, 0) is 85.9 Å². The molecule has 0 amide bonds. The van der Waals surface area contributed by atoms with Crippen LogP contribution < -0.4 is 0 Å². The fourth-order valence-corrected chi connectivity index (χ4v) is 10.7. The van der Waals surface area contributed by atoms with Gasteiger partial charge < -0.3 is 0 Å². The molecule has 0 aromatic heterocycles. The van der Waals surface area contributed by atoms with Gasteiger partial charge in [0.05, 0.1) is 0 Å². The smallest absolute Gasteiger partial charge is 0.00365 e. The first kappa shape index (κ1) is 18.7. The zero-order valence-corrected chi connectivity index (χ0v) is 19.8. The summed E-state index contributed by atoms with van der Waals surface area (Å²) in [6.45, 7) is 0. The first-order valence-electron chi connectivity index (χ1n) is 8.73. The van der Waals surface area contributed by atoms with Crippen LogP contribution in [0.25, 0.3) is 0 Å². The Labute approximate surface area is 169 Å². The number of rotatable bonds is 8. The minimum Gasteiger partial charge on any atom is -0.0928 e. The predicted octanol–water partition coefficient (Wildman–Crippen LogP) is 7.45. The Balaban J connectivity index is 2.00.